The first-order chi connectivity index (χ1) is 12.3. The number of nitrogens with one attached hydrogen (secondary N) is 2. The van der Waals surface area contributed by atoms with Crippen molar-refractivity contribution in [3.63, 3.8) is 0 Å². The molecule has 0 aliphatic heterocycles. The molecule has 7 nitrogen and oxygen atoms in total. The predicted molar refractivity (Wildman–Crippen MR) is 99.3 cm³/mol. The number of aryl methyl sites for hydroxylation is 2. The Labute approximate surface area is 154 Å². The highest BCUT2D eigenvalue weighted by molar-refractivity contribution is 7.89. The number of urea groups is 1. The van der Waals surface area contributed by atoms with Crippen LogP contribution in [0.4, 0.5) is 4.79 Å². The molecule has 1 aromatic carbocycles. The highest BCUT2D eigenvalue weighted by Crippen LogP contribution is 2.10. The third kappa shape index (κ3) is 5.89. The molecule has 2 amide bonds. The van der Waals surface area contributed by atoms with Crippen molar-refractivity contribution in [1.29, 1.82) is 0 Å². The predicted octanol–water partition coefficient (Wildman–Crippen LogP) is 2.41. The minimum Gasteiger partial charge on any atom is -0.464 e. The number of carbonyl (C=O) groups is 1. The largest absolute Gasteiger partial charge is 0.464 e. The molecule has 0 radical (unpaired) electrons. The summed E-state index contributed by atoms with van der Waals surface area (Å²) >= 11 is 0. The number of nitrogens with zero attached hydrogens (tertiary/aromatic N) is 1. The van der Waals surface area contributed by atoms with Crippen molar-refractivity contribution in [2.75, 3.05) is 20.1 Å². The van der Waals surface area contributed by atoms with Crippen molar-refractivity contribution in [1.82, 2.24) is 14.9 Å². The van der Waals surface area contributed by atoms with Gasteiger partial charge in [-0.2, -0.15) is 0 Å². The first kappa shape index (κ1) is 20.0. The van der Waals surface area contributed by atoms with Crippen molar-refractivity contribution in [3.8, 4) is 0 Å². The van der Waals surface area contributed by atoms with Gasteiger partial charge in [0.15, 0.2) is 0 Å². The fourth-order valence-corrected chi connectivity index (χ4v) is 3.38. The molecule has 0 spiro atoms. The summed E-state index contributed by atoms with van der Waals surface area (Å²) in [5.74, 6) is 1.51. The summed E-state index contributed by atoms with van der Waals surface area (Å²) in [6.45, 7) is 4.74. The summed E-state index contributed by atoms with van der Waals surface area (Å²) in [6, 6.07) is 10.1. The number of hydrogen-bond donors (Lipinski definition) is 2. The third-order valence-electron chi connectivity index (χ3n) is 3.79. The summed E-state index contributed by atoms with van der Waals surface area (Å²) in [7, 11) is -1.84. The van der Waals surface area contributed by atoms with Gasteiger partial charge in [0.25, 0.3) is 0 Å². The maximum Gasteiger partial charge on any atom is 0.317 e. The molecule has 142 valence electrons. The minimum atomic E-state index is -3.52. The molecule has 1 heterocycles. The zero-order valence-corrected chi connectivity index (χ0v) is 16.1. The second-order valence-corrected chi connectivity index (χ2v) is 7.93. The van der Waals surface area contributed by atoms with E-state index >= 15 is 0 Å². The quantitative estimate of drug-likeness (QED) is 0.689. The van der Waals surface area contributed by atoms with Crippen LogP contribution < -0.4 is 10.0 Å². The standard InChI is InChI=1S/C18H25N3O4S/c1-14-5-9-17(10-6-14)26(23,24)20-12-4-11-19-18(22)21(3)13-16-8-7-15(2)25-16/h5-10,20H,4,11-13H2,1-3H3,(H,19,22). The van der Waals surface area contributed by atoms with E-state index in [1.807, 2.05) is 26.0 Å². The van der Waals surface area contributed by atoms with Crippen molar-refractivity contribution in [2.24, 2.45) is 0 Å². The fourth-order valence-electron chi connectivity index (χ4n) is 2.30. The molecule has 0 atom stereocenters. The van der Waals surface area contributed by atoms with Gasteiger partial charge >= 0.3 is 6.03 Å². The van der Waals surface area contributed by atoms with Gasteiger partial charge in [0.05, 0.1) is 11.4 Å². The van der Waals surface area contributed by atoms with Crippen molar-refractivity contribution in [3.05, 3.63) is 53.5 Å². The lowest BCUT2D eigenvalue weighted by Crippen LogP contribution is -2.38. The van der Waals surface area contributed by atoms with Crippen LogP contribution in [0, 0.1) is 13.8 Å². The van der Waals surface area contributed by atoms with Gasteiger partial charge in [-0.05, 0) is 44.5 Å². The maximum atomic E-state index is 12.1. The molecule has 2 aromatic rings. The fraction of sp³-hybridized carbons (Fsp3) is 0.389. The van der Waals surface area contributed by atoms with E-state index in [2.05, 4.69) is 10.0 Å². The second kappa shape index (κ2) is 8.86. The maximum absolute atomic E-state index is 12.1. The van der Waals surface area contributed by atoms with E-state index < -0.39 is 10.0 Å². The molecule has 0 bridgehead atoms. The van der Waals surface area contributed by atoms with Gasteiger partial charge in [-0.3, -0.25) is 0 Å². The molecule has 0 saturated carbocycles. The minimum absolute atomic E-state index is 0.236. The van der Waals surface area contributed by atoms with Crippen LogP contribution >= 0.6 is 0 Å². The van der Waals surface area contributed by atoms with Gasteiger partial charge in [0.2, 0.25) is 10.0 Å². The van der Waals surface area contributed by atoms with E-state index in [0.717, 1.165) is 11.3 Å². The Balaban J connectivity index is 1.69. The molecule has 0 unspecified atom stereocenters. The second-order valence-electron chi connectivity index (χ2n) is 6.16. The van der Waals surface area contributed by atoms with E-state index in [-0.39, 0.29) is 17.5 Å². The molecular weight excluding hydrogens is 354 g/mol. The number of carbonyl (C=O) groups excluding carboxylic acids is 1. The van der Waals surface area contributed by atoms with Crippen LogP contribution in [0.3, 0.4) is 0 Å². The zero-order chi connectivity index (χ0) is 19.2. The Morgan fingerprint density at radius 3 is 2.38 bits per heavy atom. The Bertz CT molecular complexity index is 828. The highest BCUT2D eigenvalue weighted by Gasteiger charge is 2.13. The van der Waals surface area contributed by atoms with Gasteiger partial charge in [-0.1, -0.05) is 17.7 Å². The summed E-state index contributed by atoms with van der Waals surface area (Å²) in [6.07, 6.45) is 0.491. The van der Waals surface area contributed by atoms with Gasteiger partial charge in [0.1, 0.15) is 11.5 Å². The topological polar surface area (TPSA) is 91.7 Å². The number of benzene rings is 1. The monoisotopic (exact) mass is 379 g/mol. The molecular formula is C18H25N3O4S. The van der Waals surface area contributed by atoms with Crippen LogP contribution in [0.15, 0.2) is 45.7 Å². The first-order valence-corrected chi connectivity index (χ1v) is 9.87. The van der Waals surface area contributed by atoms with Crippen LogP contribution in [0.1, 0.15) is 23.5 Å². The van der Waals surface area contributed by atoms with Crippen LogP contribution in [-0.2, 0) is 16.6 Å². The van der Waals surface area contributed by atoms with E-state index in [1.165, 1.54) is 4.90 Å². The summed E-state index contributed by atoms with van der Waals surface area (Å²) < 4.78 is 32.2. The van der Waals surface area contributed by atoms with Crippen LogP contribution in [0.2, 0.25) is 0 Å². The normalized spacial score (nSPS) is 11.3. The Morgan fingerprint density at radius 2 is 1.77 bits per heavy atom. The number of rotatable bonds is 8. The van der Waals surface area contributed by atoms with Crippen molar-refractivity contribution in [2.45, 2.75) is 31.7 Å². The van der Waals surface area contributed by atoms with Gasteiger partial charge < -0.3 is 14.6 Å². The van der Waals surface area contributed by atoms with Gasteiger partial charge in [0, 0.05) is 20.1 Å². The number of hydrogen-bond acceptors (Lipinski definition) is 4. The summed E-state index contributed by atoms with van der Waals surface area (Å²) in [5, 5.41) is 2.75. The average Bonchev–Trinajstić information content (AvgIpc) is 2.99. The Kier molecular flexibility index (Phi) is 6.82. The zero-order valence-electron chi connectivity index (χ0n) is 15.3. The molecule has 26 heavy (non-hydrogen) atoms. The smallest absolute Gasteiger partial charge is 0.317 e. The van der Waals surface area contributed by atoms with E-state index in [1.54, 1.807) is 31.3 Å². The van der Waals surface area contributed by atoms with E-state index in [9.17, 15) is 13.2 Å². The van der Waals surface area contributed by atoms with Crippen molar-refractivity contribution >= 4 is 16.1 Å². The number of furan rings is 1. The summed E-state index contributed by atoms with van der Waals surface area (Å²) in [5.41, 5.74) is 1.00. The SMILES string of the molecule is Cc1ccc(S(=O)(=O)NCCCNC(=O)N(C)Cc2ccc(C)o2)cc1. The molecule has 0 saturated heterocycles. The highest BCUT2D eigenvalue weighted by atomic mass is 32.2. The third-order valence-corrected chi connectivity index (χ3v) is 5.27. The molecule has 2 rings (SSSR count). The van der Waals surface area contributed by atoms with Crippen LogP contribution in [-0.4, -0.2) is 39.5 Å². The lowest BCUT2D eigenvalue weighted by molar-refractivity contribution is 0.202. The molecule has 2 N–H and O–H groups in total. The Morgan fingerprint density at radius 1 is 1.08 bits per heavy atom. The number of amides is 2. The molecule has 1 aromatic heterocycles. The van der Waals surface area contributed by atoms with E-state index in [4.69, 9.17) is 4.42 Å². The lowest BCUT2D eigenvalue weighted by atomic mass is 10.2. The average molecular weight is 379 g/mol. The molecule has 0 fully saturated rings. The Hall–Kier alpha value is -2.32. The molecule has 8 heteroatoms. The van der Waals surface area contributed by atoms with E-state index in [0.29, 0.717) is 25.3 Å². The van der Waals surface area contributed by atoms with Crippen molar-refractivity contribution < 1.29 is 17.6 Å². The molecule has 0 aliphatic rings. The van der Waals surface area contributed by atoms with Crippen LogP contribution in [0.25, 0.3) is 0 Å². The number of sulfonamides is 1. The van der Waals surface area contributed by atoms with Gasteiger partial charge in [-0.25, -0.2) is 17.9 Å². The first-order valence-electron chi connectivity index (χ1n) is 8.38. The summed E-state index contributed by atoms with van der Waals surface area (Å²) in [4.78, 5) is 13.7. The van der Waals surface area contributed by atoms with Crippen LogP contribution in [0.5, 0.6) is 0 Å². The van der Waals surface area contributed by atoms with Gasteiger partial charge in [-0.15, -0.1) is 0 Å². The lowest BCUT2D eigenvalue weighted by Gasteiger charge is -2.16. The molecule has 0 aliphatic carbocycles.